The summed E-state index contributed by atoms with van der Waals surface area (Å²) in [5.74, 6) is 0. The number of benzene rings is 1. The number of para-hydroxylation sites is 2. The van der Waals surface area contributed by atoms with Crippen LogP contribution in [0.4, 0.5) is 0 Å². The number of aromatic nitrogens is 1. The zero-order chi connectivity index (χ0) is 10.2. The van der Waals surface area contributed by atoms with Crippen LogP contribution < -0.4 is 0 Å². The van der Waals surface area contributed by atoms with E-state index in [9.17, 15) is 0 Å². The van der Waals surface area contributed by atoms with Gasteiger partial charge in [0.25, 0.3) is 0 Å². The third kappa shape index (κ3) is 2.45. The van der Waals surface area contributed by atoms with Gasteiger partial charge in [-0.3, -0.25) is 0 Å². The number of oxazole rings is 1. The van der Waals surface area contributed by atoms with E-state index in [1.165, 1.54) is 0 Å². The molecule has 0 saturated carbocycles. The molecule has 0 bridgehead atoms. The fourth-order valence-corrected chi connectivity index (χ4v) is 7.19. The molecule has 1 aromatic heterocycles. The topological polar surface area (TPSA) is 26.0 Å². The Morgan fingerprint density at radius 3 is 2.57 bits per heavy atom. The van der Waals surface area contributed by atoms with Gasteiger partial charge < -0.3 is 0 Å². The summed E-state index contributed by atoms with van der Waals surface area (Å²) in [6.07, 6.45) is 0. The van der Waals surface area contributed by atoms with Gasteiger partial charge in [0.2, 0.25) is 0 Å². The van der Waals surface area contributed by atoms with Crippen LogP contribution in [0.3, 0.4) is 0 Å². The second-order valence-electron chi connectivity index (χ2n) is 4.16. The molecular formula is C10H13NOSSn. The van der Waals surface area contributed by atoms with Crippen LogP contribution in [0.2, 0.25) is 14.8 Å². The number of fused-ring (bicyclic) bond motifs is 1. The maximum absolute atomic E-state index is 5.65. The first kappa shape index (κ1) is 10.4. The van der Waals surface area contributed by atoms with Gasteiger partial charge in [-0.25, -0.2) is 0 Å². The summed E-state index contributed by atoms with van der Waals surface area (Å²) in [5, 5.41) is 0.842. The van der Waals surface area contributed by atoms with Gasteiger partial charge in [-0.1, -0.05) is 0 Å². The molecule has 0 saturated heterocycles. The Morgan fingerprint density at radius 2 is 1.93 bits per heavy atom. The summed E-state index contributed by atoms with van der Waals surface area (Å²) in [6, 6.07) is 7.91. The van der Waals surface area contributed by atoms with E-state index >= 15 is 0 Å². The van der Waals surface area contributed by atoms with Crippen molar-refractivity contribution in [2.45, 2.75) is 20.0 Å². The molecule has 0 fully saturated rings. The van der Waals surface area contributed by atoms with Crippen LogP contribution in [-0.2, 0) is 0 Å². The molecule has 0 aliphatic carbocycles. The first-order valence-corrected chi connectivity index (χ1v) is 17.5. The number of hydrogen-bond acceptors (Lipinski definition) is 3. The van der Waals surface area contributed by atoms with Crippen LogP contribution in [0, 0.1) is 0 Å². The quantitative estimate of drug-likeness (QED) is 0.790. The van der Waals surface area contributed by atoms with Crippen LogP contribution in [0.25, 0.3) is 11.1 Å². The van der Waals surface area contributed by atoms with Gasteiger partial charge >= 0.3 is 90.7 Å². The van der Waals surface area contributed by atoms with Crippen molar-refractivity contribution in [2.75, 3.05) is 0 Å². The molecule has 2 rings (SSSR count). The Kier molecular flexibility index (Phi) is 2.79. The zero-order valence-corrected chi connectivity index (χ0v) is 12.2. The Morgan fingerprint density at radius 1 is 1.21 bits per heavy atom. The molecule has 0 spiro atoms. The summed E-state index contributed by atoms with van der Waals surface area (Å²) in [6.45, 7) is 0. The standard InChI is InChI=1S/C7H5NOS.3CH3.Sn/c10-7-8-5-3-1-2-4-6(5)9-7;;;;/h1-4H,(H,8,10);3*1H3;/q;;;;+1/p-1. The van der Waals surface area contributed by atoms with E-state index in [0.29, 0.717) is 0 Å². The summed E-state index contributed by atoms with van der Waals surface area (Å²) in [4.78, 5) is 11.5. The molecule has 2 aromatic rings. The molecule has 1 aromatic carbocycles. The molecule has 0 amide bonds. The first-order chi connectivity index (χ1) is 6.54. The van der Waals surface area contributed by atoms with E-state index < -0.39 is 17.0 Å². The molecule has 0 unspecified atom stereocenters. The molecule has 0 aliphatic rings. The fraction of sp³-hybridized carbons (Fsp3) is 0.300. The van der Waals surface area contributed by atoms with Gasteiger partial charge in [0.05, 0.1) is 0 Å². The van der Waals surface area contributed by atoms with Crippen molar-refractivity contribution in [1.29, 1.82) is 0 Å². The van der Waals surface area contributed by atoms with Gasteiger partial charge in [-0.05, 0) is 0 Å². The third-order valence-electron chi connectivity index (χ3n) is 1.67. The van der Waals surface area contributed by atoms with Crippen molar-refractivity contribution in [1.82, 2.24) is 4.98 Å². The molecule has 0 aliphatic heterocycles. The van der Waals surface area contributed by atoms with Crippen molar-refractivity contribution in [3.05, 3.63) is 24.3 Å². The minimum absolute atomic E-state index is 0.842. The number of hydrogen-bond donors (Lipinski definition) is 0. The van der Waals surface area contributed by atoms with E-state index in [1.807, 2.05) is 33.2 Å². The second-order valence-corrected chi connectivity index (χ2v) is 26.7. The summed E-state index contributed by atoms with van der Waals surface area (Å²) < 4.78 is 5.65. The number of nitrogens with zero attached hydrogens (tertiary/aromatic N) is 1. The Labute approximate surface area is 90.4 Å². The number of rotatable bonds is 2. The van der Waals surface area contributed by atoms with Gasteiger partial charge in [0, 0.05) is 0 Å². The van der Waals surface area contributed by atoms with Gasteiger partial charge in [-0.2, -0.15) is 0 Å². The fourth-order valence-electron chi connectivity index (χ4n) is 1.16. The molecular weight excluding hydrogens is 301 g/mol. The molecule has 0 atom stereocenters. The predicted molar refractivity (Wildman–Crippen MR) is 63.2 cm³/mol. The van der Waals surface area contributed by atoms with Crippen molar-refractivity contribution < 1.29 is 4.42 Å². The van der Waals surface area contributed by atoms with Gasteiger partial charge in [0.1, 0.15) is 0 Å². The monoisotopic (exact) mass is 315 g/mol. The zero-order valence-electron chi connectivity index (χ0n) is 8.57. The van der Waals surface area contributed by atoms with Crippen LogP contribution in [0.15, 0.2) is 33.9 Å². The van der Waals surface area contributed by atoms with Crippen LogP contribution in [0.5, 0.6) is 0 Å². The molecule has 2 nitrogen and oxygen atoms in total. The van der Waals surface area contributed by atoms with Crippen molar-refractivity contribution in [3.8, 4) is 0 Å². The molecule has 0 radical (unpaired) electrons. The van der Waals surface area contributed by atoms with Crippen molar-refractivity contribution >= 4 is 37.0 Å². The second kappa shape index (κ2) is 3.77. The maximum atomic E-state index is 5.65. The Hall–Kier alpha value is -0.161. The minimum atomic E-state index is -1.89. The summed E-state index contributed by atoms with van der Waals surface area (Å²) in [7, 11) is 1.86. The van der Waals surface area contributed by atoms with Crippen LogP contribution >= 0.6 is 8.95 Å². The van der Waals surface area contributed by atoms with E-state index in [2.05, 4.69) is 19.8 Å². The van der Waals surface area contributed by atoms with Crippen LogP contribution in [0.1, 0.15) is 0 Å². The van der Waals surface area contributed by atoms with Crippen molar-refractivity contribution in [3.63, 3.8) is 0 Å². The van der Waals surface area contributed by atoms with Gasteiger partial charge in [-0.15, -0.1) is 0 Å². The Bertz CT molecular complexity index is 414. The Balaban J connectivity index is 2.36. The van der Waals surface area contributed by atoms with E-state index in [4.69, 9.17) is 4.42 Å². The molecule has 1 heterocycles. The first-order valence-electron chi connectivity index (χ1n) is 4.59. The average Bonchev–Trinajstić information content (AvgIpc) is 2.42. The summed E-state index contributed by atoms with van der Waals surface area (Å²) in [5.41, 5.74) is 1.86. The normalized spacial score (nSPS) is 12.2. The van der Waals surface area contributed by atoms with E-state index in [1.54, 1.807) is 0 Å². The molecule has 0 N–H and O–H groups in total. The third-order valence-corrected chi connectivity index (χ3v) is 9.37. The predicted octanol–water partition coefficient (Wildman–Crippen LogP) is 3.75. The summed E-state index contributed by atoms with van der Waals surface area (Å²) >= 11 is -1.89. The molecule has 4 heteroatoms. The molecule has 74 valence electrons. The van der Waals surface area contributed by atoms with Gasteiger partial charge in [0.15, 0.2) is 0 Å². The van der Waals surface area contributed by atoms with Crippen molar-refractivity contribution in [2.24, 2.45) is 0 Å². The molecule has 14 heavy (non-hydrogen) atoms. The van der Waals surface area contributed by atoms with E-state index in [-0.39, 0.29) is 0 Å². The van der Waals surface area contributed by atoms with Crippen LogP contribution in [-0.4, -0.2) is 22.0 Å². The SMILES string of the molecule is [CH3][Sn]([CH3])([CH3])[S]c1nc2ccccc2o1. The van der Waals surface area contributed by atoms with E-state index in [0.717, 1.165) is 16.3 Å². The average molecular weight is 314 g/mol.